The average Bonchev–Trinajstić information content (AvgIpc) is 2.82. The van der Waals surface area contributed by atoms with Crippen molar-refractivity contribution >= 4 is 34.9 Å². The number of rotatable bonds is 6. The molecule has 0 aromatic heterocycles. The Hall–Kier alpha value is -2.94. The lowest BCUT2D eigenvalue weighted by Gasteiger charge is -2.26. The molecule has 1 unspecified atom stereocenters. The van der Waals surface area contributed by atoms with Crippen LogP contribution in [0.4, 0.5) is 23.2 Å². The number of anilines is 1. The quantitative estimate of drug-likeness (QED) is 0.426. The molecule has 1 atom stereocenters. The van der Waals surface area contributed by atoms with E-state index in [2.05, 4.69) is 4.99 Å². The summed E-state index contributed by atoms with van der Waals surface area (Å²) in [6, 6.07) is 9.33. The van der Waals surface area contributed by atoms with Gasteiger partial charge in [-0.1, -0.05) is 37.1 Å². The molecule has 32 heavy (non-hydrogen) atoms. The molecule has 1 aliphatic heterocycles. The Morgan fingerprint density at radius 1 is 1.22 bits per heavy atom. The van der Waals surface area contributed by atoms with Crippen LogP contribution in [-0.2, 0) is 14.3 Å². The molecule has 0 bridgehead atoms. The molecule has 1 heterocycles. The van der Waals surface area contributed by atoms with Gasteiger partial charge in [0.2, 0.25) is 0 Å². The first-order valence-electron chi connectivity index (χ1n) is 9.80. The molecule has 5 nitrogen and oxygen atoms in total. The molecule has 0 spiro atoms. The van der Waals surface area contributed by atoms with E-state index in [9.17, 15) is 27.2 Å². The standard InChI is InChI=1S/C22H19ClF4N2O3/c1-2-3-7-18(30)32-20-21(31)29(12-22(25,26)27)17-11-15(24)8-9-16(17)19(28-20)13-5-4-6-14(23)10-13/h4-6,8-11,20H,2-3,7,12H2,1H3. The van der Waals surface area contributed by atoms with Crippen molar-refractivity contribution in [1.82, 2.24) is 0 Å². The van der Waals surface area contributed by atoms with Crippen LogP contribution in [-0.4, -0.2) is 36.5 Å². The zero-order valence-corrected chi connectivity index (χ0v) is 17.7. The highest BCUT2D eigenvalue weighted by molar-refractivity contribution is 6.31. The van der Waals surface area contributed by atoms with Crippen LogP contribution in [0.3, 0.4) is 0 Å². The van der Waals surface area contributed by atoms with Gasteiger partial charge in [0.15, 0.2) is 0 Å². The highest BCUT2D eigenvalue weighted by atomic mass is 35.5. The van der Waals surface area contributed by atoms with Crippen molar-refractivity contribution in [3.05, 3.63) is 64.4 Å². The van der Waals surface area contributed by atoms with E-state index in [4.69, 9.17) is 16.3 Å². The fourth-order valence-corrected chi connectivity index (χ4v) is 3.40. The second kappa shape index (κ2) is 9.68. The molecule has 1 aliphatic rings. The summed E-state index contributed by atoms with van der Waals surface area (Å²) in [5.41, 5.74) is 0.145. The van der Waals surface area contributed by atoms with Crippen LogP contribution < -0.4 is 4.90 Å². The van der Waals surface area contributed by atoms with E-state index in [0.29, 0.717) is 28.3 Å². The molecule has 170 valence electrons. The van der Waals surface area contributed by atoms with E-state index < -0.39 is 36.6 Å². The van der Waals surface area contributed by atoms with Gasteiger partial charge in [0, 0.05) is 22.6 Å². The number of alkyl halides is 3. The first-order valence-corrected chi connectivity index (χ1v) is 10.2. The zero-order valence-electron chi connectivity index (χ0n) is 17.0. The van der Waals surface area contributed by atoms with Crippen LogP contribution in [0.15, 0.2) is 47.5 Å². The number of benzene rings is 2. The smallest absolute Gasteiger partial charge is 0.406 e. The molecule has 10 heteroatoms. The topological polar surface area (TPSA) is 59.0 Å². The lowest BCUT2D eigenvalue weighted by molar-refractivity contribution is -0.156. The Morgan fingerprint density at radius 3 is 2.62 bits per heavy atom. The van der Waals surface area contributed by atoms with Crippen molar-refractivity contribution < 1.29 is 31.9 Å². The van der Waals surface area contributed by atoms with E-state index in [-0.39, 0.29) is 23.4 Å². The zero-order chi connectivity index (χ0) is 23.5. The van der Waals surface area contributed by atoms with Gasteiger partial charge in [-0.05, 0) is 36.8 Å². The van der Waals surface area contributed by atoms with Gasteiger partial charge in [0.1, 0.15) is 12.4 Å². The van der Waals surface area contributed by atoms with Gasteiger partial charge in [-0.15, -0.1) is 0 Å². The summed E-state index contributed by atoms with van der Waals surface area (Å²) in [5, 5.41) is 0.313. The number of hydrogen-bond acceptors (Lipinski definition) is 4. The van der Waals surface area contributed by atoms with Gasteiger partial charge in [-0.2, -0.15) is 13.2 Å². The number of ether oxygens (including phenoxy) is 1. The summed E-state index contributed by atoms with van der Waals surface area (Å²) < 4.78 is 59.2. The molecule has 0 radical (unpaired) electrons. The fraction of sp³-hybridized carbons (Fsp3) is 0.318. The number of esters is 1. The summed E-state index contributed by atoms with van der Waals surface area (Å²) in [4.78, 5) is 29.8. The summed E-state index contributed by atoms with van der Waals surface area (Å²) in [6.07, 6.45) is -5.54. The van der Waals surface area contributed by atoms with Gasteiger partial charge >= 0.3 is 12.1 Å². The third-order valence-electron chi connectivity index (χ3n) is 4.64. The molecule has 3 rings (SSSR count). The van der Waals surface area contributed by atoms with Crippen molar-refractivity contribution in [2.24, 2.45) is 4.99 Å². The molecule has 2 aromatic rings. The van der Waals surface area contributed by atoms with Gasteiger partial charge in [-0.25, -0.2) is 9.38 Å². The molecule has 1 amide bonds. The van der Waals surface area contributed by atoms with Gasteiger partial charge < -0.3 is 4.74 Å². The molecule has 0 aliphatic carbocycles. The lowest BCUT2D eigenvalue weighted by Crippen LogP contribution is -2.45. The minimum absolute atomic E-state index is 0.0247. The largest absolute Gasteiger partial charge is 0.430 e. The molecular formula is C22H19ClF4N2O3. The first-order chi connectivity index (χ1) is 15.1. The Kier molecular flexibility index (Phi) is 7.18. The molecule has 0 saturated heterocycles. The highest BCUT2D eigenvalue weighted by Gasteiger charge is 2.41. The SMILES string of the molecule is CCCCC(=O)OC1N=C(c2cccc(Cl)c2)c2ccc(F)cc2N(CC(F)(F)F)C1=O. The number of halogens is 5. The molecule has 0 N–H and O–H groups in total. The summed E-state index contributed by atoms with van der Waals surface area (Å²) in [6.45, 7) is 0.138. The monoisotopic (exact) mass is 470 g/mol. The number of aliphatic imine (C=N–C) groups is 1. The van der Waals surface area contributed by atoms with Gasteiger partial charge in [-0.3, -0.25) is 14.5 Å². The fourth-order valence-electron chi connectivity index (χ4n) is 3.21. The number of nitrogens with zero attached hydrogens (tertiary/aromatic N) is 2. The number of unbranched alkanes of at least 4 members (excludes halogenated alkanes) is 1. The van der Waals surface area contributed by atoms with E-state index in [0.717, 1.165) is 12.1 Å². The van der Waals surface area contributed by atoms with Crippen molar-refractivity contribution in [3.8, 4) is 0 Å². The number of carbonyl (C=O) groups is 2. The Morgan fingerprint density at radius 2 is 1.97 bits per heavy atom. The first kappa shape index (κ1) is 23.7. The van der Waals surface area contributed by atoms with Crippen LogP contribution >= 0.6 is 11.6 Å². The summed E-state index contributed by atoms with van der Waals surface area (Å²) in [5.74, 6) is -2.84. The minimum Gasteiger partial charge on any atom is -0.430 e. The highest BCUT2D eigenvalue weighted by Crippen LogP contribution is 2.33. The molecule has 2 aromatic carbocycles. The van der Waals surface area contributed by atoms with Crippen LogP contribution in [0.1, 0.15) is 37.3 Å². The molecular weight excluding hydrogens is 452 g/mol. The Labute approximate surface area is 186 Å². The van der Waals surface area contributed by atoms with Gasteiger partial charge in [0.05, 0.1) is 11.4 Å². The second-order valence-corrected chi connectivity index (χ2v) is 7.57. The van der Waals surface area contributed by atoms with Crippen LogP contribution in [0, 0.1) is 5.82 Å². The maximum atomic E-state index is 14.0. The Balaban J connectivity index is 2.17. The van der Waals surface area contributed by atoms with Crippen molar-refractivity contribution in [2.45, 2.75) is 38.6 Å². The van der Waals surface area contributed by atoms with E-state index in [1.54, 1.807) is 18.2 Å². The summed E-state index contributed by atoms with van der Waals surface area (Å²) in [7, 11) is 0. The maximum absolute atomic E-state index is 14.0. The number of benzodiazepines with no additional fused rings is 1. The normalized spacial score (nSPS) is 16.3. The van der Waals surface area contributed by atoms with Crippen molar-refractivity contribution in [2.75, 3.05) is 11.4 Å². The number of hydrogen-bond donors (Lipinski definition) is 0. The third-order valence-corrected chi connectivity index (χ3v) is 4.88. The van der Waals surface area contributed by atoms with Gasteiger partial charge in [0.25, 0.3) is 12.1 Å². The second-order valence-electron chi connectivity index (χ2n) is 7.13. The number of amides is 1. The van der Waals surface area contributed by atoms with E-state index in [1.165, 1.54) is 12.1 Å². The number of carbonyl (C=O) groups excluding carboxylic acids is 2. The minimum atomic E-state index is -4.80. The predicted molar refractivity (Wildman–Crippen MR) is 111 cm³/mol. The third kappa shape index (κ3) is 5.64. The van der Waals surface area contributed by atoms with Crippen LogP contribution in [0.5, 0.6) is 0 Å². The van der Waals surface area contributed by atoms with Crippen molar-refractivity contribution in [3.63, 3.8) is 0 Å². The predicted octanol–water partition coefficient (Wildman–Crippen LogP) is 5.28. The van der Waals surface area contributed by atoms with E-state index in [1.807, 2.05) is 6.92 Å². The van der Waals surface area contributed by atoms with Crippen molar-refractivity contribution in [1.29, 1.82) is 0 Å². The molecule has 0 fully saturated rings. The maximum Gasteiger partial charge on any atom is 0.406 e. The molecule has 0 saturated carbocycles. The average molecular weight is 471 g/mol. The Bertz CT molecular complexity index is 1060. The van der Waals surface area contributed by atoms with Crippen LogP contribution in [0.25, 0.3) is 0 Å². The van der Waals surface area contributed by atoms with Crippen LogP contribution in [0.2, 0.25) is 5.02 Å². The van der Waals surface area contributed by atoms with E-state index >= 15 is 0 Å². The number of fused-ring (bicyclic) bond motifs is 1. The summed E-state index contributed by atoms with van der Waals surface area (Å²) >= 11 is 6.05. The lowest BCUT2D eigenvalue weighted by atomic mass is 10.00.